The van der Waals surface area contributed by atoms with Crippen LogP contribution in [0.15, 0.2) is 91.0 Å². The van der Waals surface area contributed by atoms with Gasteiger partial charge in [-0.25, -0.2) is 14.6 Å². The number of carbonyl (C=O) groups excluding carboxylic acids is 2. The fraction of sp³-hybridized carbons (Fsp3) is 0.233. The summed E-state index contributed by atoms with van der Waals surface area (Å²) >= 11 is 0. The third-order valence-electron chi connectivity index (χ3n) is 6.53. The molecule has 7 nitrogen and oxygen atoms in total. The van der Waals surface area contributed by atoms with E-state index in [1.807, 2.05) is 91.0 Å². The number of rotatable bonds is 9. The number of hydrogen-bond acceptors (Lipinski definition) is 5. The van der Waals surface area contributed by atoms with Gasteiger partial charge in [0.15, 0.2) is 0 Å². The molecule has 1 heterocycles. The van der Waals surface area contributed by atoms with Crippen LogP contribution in [0.1, 0.15) is 36.1 Å². The molecule has 188 valence electrons. The average Bonchev–Trinajstić information content (AvgIpc) is 3.67. The zero-order valence-electron chi connectivity index (χ0n) is 20.6. The summed E-state index contributed by atoms with van der Waals surface area (Å²) in [7, 11) is 0. The molecule has 3 aromatic carbocycles. The fourth-order valence-electron chi connectivity index (χ4n) is 4.50. The number of benzene rings is 3. The number of pyridine rings is 1. The number of fused-ring (bicyclic) bond motifs is 1. The number of para-hydroxylation sites is 1. The molecule has 0 bridgehead atoms. The molecule has 0 spiro atoms. The van der Waals surface area contributed by atoms with E-state index >= 15 is 0 Å². The molecule has 2 N–H and O–H groups in total. The minimum absolute atomic E-state index is 0.225. The summed E-state index contributed by atoms with van der Waals surface area (Å²) in [5.74, 6) is -0.0925. The predicted molar refractivity (Wildman–Crippen MR) is 141 cm³/mol. The van der Waals surface area contributed by atoms with Crippen LogP contribution in [0.4, 0.5) is 4.79 Å². The Morgan fingerprint density at radius 3 is 2.38 bits per heavy atom. The van der Waals surface area contributed by atoms with E-state index in [0.29, 0.717) is 36.5 Å². The van der Waals surface area contributed by atoms with Crippen LogP contribution in [0.3, 0.4) is 0 Å². The van der Waals surface area contributed by atoms with Gasteiger partial charge in [0.25, 0.3) is 0 Å². The Balaban J connectivity index is 1.35. The number of aromatic nitrogens is 1. The second-order valence-corrected chi connectivity index (χ2v) is 9.08. The second kappa shape index (κ2) is 10.7. The molecule has 0 radical (unpaired) electrons. The lowest BCUT2D eigenvalue weighted by Gasteiger charge is -2.19. The Morgan fingerprint density at radius 1 is 0.919 bits per heavy atom. The third-order valence-corrected chi connectivity index (χ3v) is 6.53. The van der Waals surface area contributed by atoms with Crippen LogP contribution in [0.5, 0.6) is 5.75 Å². The van der Waals surface area contributed by atoms with Crippen molar-refractivity contribution in [1.82, 2.24) is 15.6 Å². The molecule has 5 rings (SSSR count). The smallest absolute Gasteiger partial charge is 0.332 e. The van der Waals surface area contributed by atoms with Crippen LogP contribution < -0.4 is 15.4 Å². The molecule has 1 fully saturated rings. The van der Waals surface area contributed by atoms with E-state index in [-0.39, 0.29) is 12.5 Å². The number of carbonyl (C=O) groups is 2. The van der Waals surface area contributed by atoms with Gasteiger partial charge in [-0.1, -0.05) is 78.9 Å². The van der Waals surface area contributed by atoms with Gasteiger partial charge in [-0.05, 0) is 36.6 Å². The molecule has 4 aromatic rings. The number of hydrogen-bond donors (Lipinski definition) is 2. The molecule has 37 heavy (non-hydrogen) atoms. The maximum atomic E-state index is 13.0. The molecule has 0 saturated heterocycles. The number of urea groups is 1. The highest BCUT2D eigenvalue weighted by Crippen LogP contribution is 2.52. The van der Waals surface area contributed by atoms with Gasteiger partial charge in [-0.2, -0.15) is 0 Å². The maximum Gasteiger partial charge on any atom is 0.332 e. The molecular weight excluding hydrogens is 466 g/mol. The highest BCUT2D eigenvalue weighted by molar-refractivity contribution is 5.93. The number of nitrogens with zero attached hydrogens (tertiary/aromatic N) is 1. The number of esters is 1. The van der Waals surface area contributed by atoms with Gasteiger partial charge in [-0.3, -0.25) is 0 Å². The topological polar surface area (TPSA) is 89.5 Å². The Bertz CT molecular complexity index is 1390. The third kappa shape index (κ3) is 5.40. The molecule has 1 saturated carbocycles. The summed E-state index contributed by atoms with van der Waals surface area (Å²) in [6.45, 7) is 2.75. The monoisotopic (exact) mass is 495 g/mol. The Hall–Kier alpha value is -4.39. The average molecular weight is 496 g/mol. The van der Waals surface area contributed by atoms with Crippen LogP contribution in [-0.2, 0) is 22.7 Å². The van der Waals surface area contributed by atoms with Crippen molar-refractivity contribution >= 4 is 22.9 Å². The Morgan fingerprint density at radius 2 is 1.65 bits per heavy atom. The van der Waals surface area contributed by atoms with Crippen LogP contribution in [0.25, 0.3) is 10.9 Å². The molecule has 2 unspecified atom stereocenters. The largest absolute Gasteiger partial charge is 0.487 e. The van der Waals surface area contributed by atoms with Gasteiger partial charge in [0.2, 0.25) is 0 Å². The van der Waals surface area contributed by atoms with Crippen molar-refractivity contribution in [2.75, 3.05) is 6.61 Å². The molecule has 0 aliphatic heterocycles. The Kier molecular flexibility index (Phi) is 7.03. The van der Waals surface area contributed by atoms with Gasteiger partial charge in [-0.15, -0.1) is 0 Å². The fourth-order valence-corrected chi connectivity index (χ4v) is 4.50. The first-order chi connectivity index (χ1) is 18.1. The minimum atomic E-state index is -1.16. The molecule has 1 aliphatic carbocycles. The van der Waals surface area contributed by atoms with Gasteiger partial charge in [0.1, 0.15) is 23.4 Å². The first-order valence-electron chi connectivity index (χ1n) is 12.4. The van der Waals surface area contributed by atoms with Gasteiger partial charge < -0.3 is 20.1 Å². The van der Waals surface area contributed by atoms with Crippen molar-refractivity contribution in [3.63, 3.8) is 0 Å². The van der Waals surface area contributed by atoms with Crippen LogP contribution in [0.2, 0.25) is 0 Å². The van der Waals surface area contributed by atoms with Gasteiger partial charge >= 0.3 is 12.0 Å². The normalized spacial score (nSPS) is 18.1. The van der Waals surface area contributed by atoms with Gasteiger partial charge in [0.05, 0.1) is 6.61 Å². The molecule has 7 heteroatoms. The lowest BCUT2D eigenvalue weighted by atomic mass is 10.1. The molecule has 2 atom stereocenters. The maximum absolute atomic E-state index is 13.0. The number of nitrogens with one attached hydrogen (secondary N) is 2. The van der Waals surface area contributed by atoms with E-state index in [0.717, 1.165) is 16.5 Å². The van der Waals surface area contributed by atoms with E-state index in [9.17, 15) is 9.59 Å². The summed E-state index contributed by atoms with van der Waals surface area (Å²) in [6.07, 6.45) is 0.413. The van der Waals surface area contributed by atoms with Crippen LogP contribution in [0, 0.1) is 0 Å². The molecule has 1 aromatic heterocycles. The Labute approximate surface area is 215 Å². The second-order valence-electron chi connectivity index (χ2n) is 9.08. The summed E-state index contributed by atoms with van der Waals surface area (Å²) in [4.78, 5) is 30.7. The highest BCUT2D eigenvalue weighted by Gasteiger charge is 2.64. The summed E-state index contributed by atoms with van der Waals surface area (Å²) < 4.78 is 11.5. The summed E-state index contributed by atoms with van der Waals surface area (Å²) in [5.41, 5.74) is 2.30. The quantitative estimate of drug-likeness (QED) is 0.315. The van der Waals surface area contributed by atoms with E-state index < -0.39 is 17.5 Å². The first-order valence-corrected chi connectivity index (χ1v) is 12.4. The van der Waals surface area contributed by atoms with Crippen molar-refractivity contribution in [3.05, 3.63) is 108 Å². The zero-order chi connectivity index (χ0) is 25.7. The van der Waals surface area contributed by atoms with Crippen molar-refractivity contribution < 1.29 is 19.1 Å². The molecule has 2 amide bonds. The standard InChI is InChI=1S/C30H29N3O4/c1-2-36-28(34)30(33-29(35)31-19-21-10-5-3-6-11-21)18-24(30)25-17-16-23-14-9-15-26(27(23)32-25)37-20-22-12-7-4-8-13-22/h3-17,24H,2,18-20H2,1H3,(H2,31,33,35). The SMILES string of the molecule is CCOC(=O)C1(NC(=O)NCc2ccccc2)CC1c1ccc2cccc(OCc3ccccc3)c2n1. The van der Waals surface area contributed by atoms with E-state index in [2.05, 4.69) is 10.6 Å². The van der Waals surface area contributed by atoms with Crippen molar-refractivity contribution in [1.29, 1.82) is 0 Å². The highest BCUT2D eigenvalue weighted by atomic mass is 16.5. The van der Waals surface area contributed by atoms with Gasteiger partial charge in [0, 0.05) is 23.5 Å². The van der Waals surface area contributed by atoms with Crippen molar-refractivity contribution in [2.45, 2.75) is 38.0 Å². The lowest BCUT2D eigenvalue weighted by molar-refractivity contribution is -0.146. The molecule has 1 aliphatic rings. The van der Waals surface area contributed by atoms with Crippen LogP contribution >= 0.6 is 0 Å². The summed E-state index contributed by atoms with van der Waals surface area (Å²) in [6, 6.07) is 28.8. The minimum Gasteiger partial charge on any atom is -0.487 e. The number of amides is 2. The predicted octanol–water partition coefficient (Wildman–Crippen LogP) is 5.10. The van der Waals surface area contributed by atoms with Crippen LogP contribution in [-0.4, -0.2) is 29.1 Å². The van der Waals surface area contributed by atoms with E-state index in [1.54, 1.807) is 6.92 Å². The van der Waals surface area contributed by atoms with E-state index in [1.165, 1.54) is 0 Å². The summed E-state index contributed by atoms with van der Waals surface area (Å²) in [5, 5.41) is 6.66. The van der Waals surface area contributed by atoms with Crippen molar-refractivity contribution in [3.8, 4) is 5.75 Å². The first kappa shape index (κ1) is 24.3. The van der Waals surface area contributed by atoms with Crippen molar-refractivity contribution in [2.24, 2.45) is 0 Å². The zero-order valence-corrected chi connectivity index (χ0v) is 20.6. The van der Waals surface area contributed by atoms with E-state index in [4.69, 9.17) is 14.5 Å². The number of ether oxygens (including phenoxy) is 2. The lowest BCUT2D eigenvalue weighted by Crippen LogP contribution is -2.49. The molecular formula is C30H29N3O4.